The van der Waals surface area contributed by atoms with Gasteiger partial charge in [-0.3, -0.25) is 4.79 Å². The number of aryl methyl sites for hydroxylation is 1. The summed E-state index contributed by atoms with van der Waals surface area (Å²) >= 11 is 5.21. The first-order valence-electron chi connectivity index (χ1n) is 10.5. The minimum absolute atomic E-state index is 0.0302. The van der Waals surface area contributed by atoms with Crippen LogP contribution in [0.25, 0.3) is 0 Å². The number of carbonyl (C=O) groups is 1. The number of aliphatic hydroxyl groups is 3. The largest absolute Gasteiger partial charge is 0.393 e. The van der Waals surface area contributed by atoms with E-state index in [0.29, 0.717) is 25.7 Å². The quantitative estimate of drug-likeness (QED) is 0.281. The number of halogens is 1. The molecule has 1 aliphatic rings. The average molecular weight is 501 g/mol. The molecular formula is C23H33BrO5S. The summed E-state index contributed by atoms with van der Waals surface area (Å²) in [5, 5.41) is 29.5. The lowest BCUT2D eigenvalue weighted by Crippen LogP contribution is -2.20. The zero-order chi connectivity index (χ0) is 21.9. The number of carbonyl (C=O) groups excluding carboxylic acids is 1. The highest BCUT2D eigenvalue weighted by atomic mass is 79.9. The third kappa shape index (κ3) is 8.36. The van der Waals surface area contributed by atoms with Crippen molar-refractivity contribution in [3.05, 3.63) is 45.1 Å². The van der Waals surface area contributed by atoms with Crippen LogP contribution in [0.2, 0.25) is 0 Å². The van der Waals surface area contributed by atoms with E-state index < -0.39 is 18.8 Å². The van der Waals surface area contributed by atoms with Gasteiger partial charge in [0.15, 0.2) is 5.78 Å². The molecule has 5 nitrogen and oxygen atoms in total. The Balaban J connectivity index is 1.85. The number of allylic oxidation sites excluding steroid dienone is 2. The van der Waals surface area contributed by atoms with Gasteiger partial charge in [0.2, 0.25) is 0 Å². The Morgan fingerprint density at radius 1 is 1.33 bits per heavy atom. The summed E-state index contributed by atoms with van der Waals surface area (Å²) in [7, 11) is 1.70. The zero-order valence-corrected chi connectivity index (χ0v) is 19.9. The van der Waals surface area contributed by atoms with E-state index in [1.165, 1.54) is 4.88 Å². The second-order valence-electron chi connectivity index (χ2n) is 7.81. The highest BCUT2D eigenvalue weighted by Gasteiger charge is 2.39. The van der Waals surface area contributed by atoms with Gasteiger partial charge in [-0.1, -0.05) is 24.3 Å². The fraction of sp³-hybridized carbons (Fsp3) is 0.609. The van der Waals surface area contributed by atoms with E-state index in [1.54, 1.807) is 18.4 Å². The molecule has 0 aromatic carbocycles. The van der Waals surface area contributed by atoms with Gasteiger partial charge in [0.05, 0.1) is 22.1 Å². The summed E-state index contributed by atoms with van der Waals surface area (Å²) in [5.41, 5.74) is 0. The summed E-state index contributed by atoms with van der Waals surface area (Å²) in [6, 6.07) is 4.17. The van der Waals surface area contributed by atoms with Gasteiger partial charge in [-0.25, -0.2) is 0 Å². The molecule has 1 aromatic rings. The van der Waals surface area contributed by atoms with Crippen molar-refractivity contribution in [2.75, 3.05) is 13.7 Å². The van der Waals surface area contributed by atoms with E-state index >= 15 is 0 Å². The summed E-state index contributed by atoms with van der Waals surface area (Å²) in [6.07, 6.45) is 11.7. The Kier molecular flexibility index (Phi) is 11.5. The van der Waals surface area contributed by atoms with E-state index in [4.69, 9.17) is 9.84 Å². The van der Waals surface area contributed by atoms with E-state index in [9.17, 15) is 15.0 Å². The lowest BCUT2D eigenvalue weighted by molar-refractivity contribution is -0.121. The minimum Gasteiger partial charge on any atom is -0.393 e. The summed E-state index contributed by atoms with van der Waals surface area (Å²) in [5.74, 6) is -0.270. The molecule has 0 saturated heterocycles. The standard InChI is InChI=1S/C23H33BrO5S/c1-29-17(8-10-18-11-13-23(24)30-18)9-12-20-19(21(27)14-22(20)28)7-5-3-2-4-6-16(26)15-25/h3,5,9,11-13,17,19-22,25,27-28H,2,4,6-8,10,14-15H2,1H3/b5-3-,12-9+/t17-,19+,20+,21-,22+/m0/s1. The first-order chi connectivity index (χ1) is 14.4. The number of ether oxygens (including phenoxy) is 1. The monoisotopic (exact) mass is 500 g/mol. The van der Waals surface area contributed by atoms with Crippen LogP contribution in [0, 0.1) is 11.8 Å². The van der Waals surface area contributed by atoms with Crippen LogP contribution in [0.4, 0.5) is 0 Å². The number of unbranched alkanes of at least 4 members (excludes halogenated alkanes) is 1. The molecule has 7 heteroatoms. The highest BCUT2D eigenvalue weighted by Crippen LogP contribution is 2.36. The van der Waals surface area contributed by atoms with Gasteiger partial charge in [0, 0.05) is 30.7 Å². The van der Waals surface area contributed by atoms with Crippen LogP contribution in [0.1, 0.15) is 43.4 Å². The van der Waals surface area contributed by atoms with Gasteiger partial charge in [-0.2, -0.15) is 0 Å². The summed E-state index contributed by atoms with van der Waals surface area (Å²) < 4.78 is 6.72. The maximum Gasteiger partial charge on any atom is 0.158 e. The normalized spacial score (nSPS) is 25.5. The lowest BCUT2D eigenvalue weighted by Gasteiger charge is -2.20. The number of methoxy groups -OCH3 is 1. The first kappa shape index (κ1) is 25.4. The molecule has 2 rings (SSSR count). The van der Waals surface area contributed by atoms with Gasteiger partial charge < -0.3 is 20.1 Å². The number of ketones is 1. The van der Waals surface area contributed by atoms with Crippen LogP contribution in [0.5, 0.6) is 0 Å². The topological polar surface area (TPSA) is 87.0 Å². The molecule has 1 saturated carbocycles. The van der Waals surface area contributed by atoms with Crippen molar-refractivity contribution in [1.29, 1.82) is 0 Å². The molecular weight excluding hydrogens is 468 g/mol. The fourth-order valence-corrected chi connectivity index (χ4v) is 5.39. The predicted molar refractivity (Wildman–Crippen MR) is 124 cm³/mol. The number of Topliss-reactive ketones (excluding diaryl/α,β-unsaturated/α-hetero) is 1. The van der Waals surface area contributed by atoms with Gasteiger partial charge in [0.1, 0.15) is 6.61 Å². The van der Waals surface area contributed by atoms with Crippen LogP contribution in [-0.4, -0.2) is 53.1 Å². The van der Waals surface area contributed by atoms with E-state index in [0.717, 1.165) is 23.0 Å². The predicted octanol–water partition coefficient (Wildman–Crippen LogP) is 4.05. The summed E-state index contributed by atoms with van der Waals surface area (Å²) in [4.78, 5) is 12.4. The Morgan fingerprint density at radius 2 is 2.13 bits per heavy atom. The second-order valence-corrected chi connectivity index (χ2v) is 10.4. The van der Waals surface area contributed by atoms with Crippen LogP contribution >= 0.6 is 27.3 Å². The fourth-order valence-electron chi connectivity index (χ4n) is 3.89. The molecule has 0 unspecified atom stereocenters. The zero-order valence-electron chi connectivity index (χ0n) is 17.5. The van der Waals surface area contributed by atoms with Crippen molar-refractivity contribution < 1.29 is 24.9 Å². The number of hydrogen-bond acceptors (Lipinski definition) is 6. The Labute approximate surface area is 191 Å². The van der Waals surface area contributed by atoms with Crippen molar-refractivity contribution in [1.82, 2.24) is 0 Å². The van der Waals surface area contributed by atoms with Gasteiger partial charge in [-0.05, 0) is 66.1 Å². The molecule has 1 aromatic heterocycles. The molecule has 168 valence electrons. The van der Waals surface area contributed by atoms with E-state index in [-0.39, 0.29) is 23.7 Å². The van der Waals surface area contributed by atoms with Gasteiger partial charge in [-0.15, -0.1) is 11.3 Å². The Hall–Kier alpha value is -0.830. The molecule has 1 heterocycles. The minimum atomic E-state index is -0.553. The molecule has 3 N–H and O–H groups in total. The second kappa shape index (κ2) is 13.6. The number of hydrogen-bond donors (Lipinski definition) is 3. The Bertz CT molecular complexity index is 702. The third-order valence-electron chi connectivity index (χ3n) is 5.65. The molecule has 0 bridgehead atoms. The van der Waals surface area contributed by atoms with Crippen molar-refractivity contribution >= 4 is 33.0 Å². The van der Waals surface area contributed by atoms with Crippen LogP contribution in [0.15, 0.2) is 40.2 Å². The molecule has 0 spiro atoms. The SMILES string of the molecule is CO[C@H](/C=C/[C@@H]1[C@@H](C/C=C\CCCC(=O)CO)[C@@H](O)C[C@H]1O)CCc1ccc(Br)s1. The molecule has 0 radical (unpaired) electrons. The summed E-state index contributed by atoms with van der Waals surface area (Å²) in [6.45, 7) is -0.392. The molecule has 0 aliphatic heterocycles. The van der Waals surface area contributed by atoms with Crippen molar-refractivity contribution in [2.45, 2.75) is 63.3 Å². The van der Waals surface area contributed by atoms with Crippen LogP contribution in [-0.2, 0) is 16.0 Å². The average Bonchev–Trinajstić information content (AvgIpc) is 3.26. The van der Waals surface area contributed by atoms with Crippen LogP contribution < -0.4 is 0 Å². The van der Waals surface area contributed by atoms with Gasteiger partial charge in [0.25, 0.3) is 0 Å². The van der Waals surface area contributed by atoms with Crippen LogP contribution in [0.3, 0.4) is 0 Å². The van der Waals surface area contributed by atoms with Crippen molar-refractivity contribution in [3.8, 4) is 0 Å². The first-order valence-corrected chi connectivity index (χ1v) is 12.1. The lowest BCUT2D eigenvalue weighted by atomic mass is 9.89. The molecule has 1 aliphatic carbocycles. The third-order valence-corrected chi connectivity index (χ3v) is 7.33. The molecule has 30 heavy (non-hydrogen) atoms. The smallest absolute Gasteiger partial charge is 0.158 e. The number of rotatable bonds is 13. The van der Waals surface area contributed by atoms with E-state index in [2.05, 4.69) is 28.1 Å². The molecule has 5 atom stereocenters. The van der Waals surface area contributed by atoms with Crippen molar-refractivity contribution in [3.63, 3.8) is 0 Å². The van der Waals surface area contributed by atoms with Crippen molar-refractivity contribution in [2.24, 2.45) is 11.8 Å². The maximum absolute atomic E-state index is 11.1. The maximum atomic E-state index is 11.1. The Morgan fingerprint density at radius 3 is 2.80 bits per heavy atom. The highest BCUT2D eigenvalue weighted by molar-refractivity contribution is 9.11. The molecule has 0 amide bonds. The molecule has 1 fully saturated rings. The van der Waals surface area contributed by atoms with Gasteiger partial charge >= 0.3 is 0 Å². The van der Waals surface area contributed by atoms with E-state index in [1.807, 2.05) is 24.3 Å². The number of thiophene rings is 1. The number of aliphatic hydroxyl groups excluding tert-OH is 3.